The zero-order chi connectivity index (χ0) is 19.4. The second-order valence-electron chi connectivity index (χ2n) is 7.57. The molecule has 27 heavy (non-hydrogen) atoms. The van der Waals surface area contributed by atoms with Gasteiger partial charge >= 0.3 is 0 Å². The average Bonchev–Trinajstić information content (AvgIpc) is 3.15. The Morgan fingerprint density at radius 1 is 1.26 bits per heavy atom. The van der Waals surface area contributed by atoms with Gasteiger partial charge in [0.2, 0.25) is 11.8 Å². The van der Waals surface area contributed by atoms with Crippen LogP contribution in [-0.2, 0) is 9.59 Å². The van der Waals surface area contributed by atoms with Crippen molar-refractivity contribution in [2.75, 3.05) is 38.0 Å². The van der Waals surface area contributed by atoms with Crippen molar-refractivity contribution in [1.29, 1.82) is 0 Å². The fourth-order valence-electron chi connectivity index (χ4n) is 4.19. The molecule has 1 saturated heterocycles. The van der Waals surface area contributed by atoms with Crippen LogP contribution in [0.3, 0.4) is 0 Å². The number of carbonyl (C=O) groups excluding carboxylic acids is 2. The molecule has 1 aromatic rings. The molecule has 2 aliphatic rings. The quantitative estimate of drug-likeness (QED) is 0.819. The maximum atomic E-state index is 13.3. The van der Waals surface area contributed by atoms with Gasteiger partial charge in [-0.15, -0.1) is 0 Å². The normalized spacial score (nSPS) is 24.6. The lowest BCUT2D eigenvalue weighted by Crippen LogP contribution is -2.55. The third-order valence-electron chi connectivity index (χ3n) is 5.92. The van der Waals surface area contributed by atoms with Gasteiger partial charge in [-0.25, -0.2) is 4.39 Å². The van der Waals surface area contributed by atoms with Gasteiger partial charge < -0.3 is 16.0 Å². The lowest BCUT2D eigenvalue weighted by atomic mass is 9.94. The number of hydrogen-bond acceptors (Lipinski definition) is 4. The minimum atomic E-state index is -0.379. The first-order valence-electron chi connectivity index (χ1n) is 9.79. The third-order valence-corrected chi connectivity index (χ3v) is 5.92. The number of nitrogens with one attached hydrogen (secondary N) is 1. The summed E-state index contributed by atoms with van der Waals surface area (Å²) < 4.78 is 13.3. The van der Waals surface area contributed by atoms with E-state index in [4.69, 9.17) is 5.73 Å². The van der Waals surface area contributed by atoms with Crippen LogP contribution in [0.4, 0.5) is 10.1 Å². The van der Waals surface area contributed by atoms with Crippen molar-refractivity contribution < 1.29 is 14.0 Å². The van der Waals surface area contributed by atoms with Crippen molar-refractivity contribution >= 4 is 17.5 Å². The van der Waals surface area contributed by atoms with Gasteiger partial charge in [0.25, 0.3) is 0 Å². The Labute approximate surface area is 159 Å². The van der Waals surface area contributed by atoms with Crippen molar-refractivity contribution in [3.63, 3.8) is 0 Å². The first kappa shape index (κ1) is 19.8. The van der Waals surface area contributed by atoms with Gasteiger partial charge in [-0.2, -0.15) is 0 Å². The number of carbonyl (C=O) groups is 2. The van der Waals surface area contributed by atoms with E-state index in [1.54, 1.807) is 12.1 Å². The van der Waals surface area contributed by atoms with E-state index in [1.165, 1.54) is 12.1 Å². The number of nitrogens with zero attached hydrogens (tertiary/aromatic N) is 2. The number of nitrogens with two attached hydrogens (primary N) is 1. The van der Waals surface area contributed by atoms with Gasteiger partial charge in [0.1, 0.15) is 5.82 Å². The molecule has 7 heteroatoms. The number of amides is 2. The molecule has 1 aliphatic carbocycles. The number of rotatable bonds is 5. The van der Waals surface area contributed by atoms with Crippen LogP contribution in [0.5, 0.6) is 0 Å². The summed E-state index contributed by atoms with van der Waals surface area (Å²) in [6, 6.07) is 5.54. The number of hydrogen-bond donors (Lipinski definition) is 2. The molecule has 1 unspecified atom stereocenters. The Bertz CT molecular complexity index is 676. The monoisotopic (exact) mass is 376 g/mol. The van der Waals surface area contributed by atoms with Crippen LogP contribution in [0.25, 0.3) is 0 Å². The molecule has 1 aliphatic heterocycles. The van der Waals surface area contributed by atoms with Crippen LogP contribution in [0, 0.1) is 17.7 Å². The summed E-state index contributed by atoms with van der Waals surface area (Å²) in [6.07, 6.45) is 3.06. The standard InChI is InChI=1S/C20H29FN4O2/c1-14(19(26)23-17-6-3-5-16(21)12-17)24-8-10-25(11-9-24)20(27)18-7-2-4-15(18)13-22/h3,5-6,12,14-15,18H,2,4,7-11,13,22H2,1H3,(H,23,26)/t14?,15-,18-/m1/s1. The van der Waals surface area contributed by atoms with Gasteiger partial charge in [0.15, 0.2) is 0 Å². The van der Waals surface area contributed by atoms with E-state index >= 15 is 0 Å². The third kappa shape index (κ3) is 4.65. The van der Waals surface area contributed by atoms with Gasteiger partial charge in [-0.05, 0) is 50.4 Å². The fraction of sp³-hybridized carbons (Fsp3) is 0.600. The van der Waals surface area contributed by atoms with Crippen molar-refractivity contribution in [2.45, 2.75) is 32.2 Å². The summed E-state index contributed by atoms with van der Waals surface area (Å²) in [7, 11) is 0. The zero-order valence-corrected chi connectivity index (χ0v) is 15.9. The van der Waals surface area contributed by atoms with E-state index in [0.717, 1.165) is 19.3 Å². The summed E-state index contributed by atoms with van der Waals surface area (Å²) in [4.78, 5) is 29.2. The van der Waals surface area contributed by atoms with E-state index in [1.807, 2.05) is 11.8 Å². The maximum Gasteiger partial charge on any atom is 0.241 e. The van der Waals surface area contributed by atoms with E-state index in [9.17, 15) is 14.0 Å². The Balaban J connectivity index is 1.50. The molecule has 0 aromatic heterocycles. The van der Waals surface area contributed by atoms with E-state index in [2.05, 4.69) is 10.2 Å². The first-order chi connectivity index (χ1) is 13.0. The summed E-state index contributed by atoms with van der Waals surface area (Å²) in [5.74, 6) is 0.0517. The highest BCUT2D eigenvalue weighted by atomic mass is 19.1. The fourth-order valence-corrected chi connectivity index (χ4v) is 4.19. The zero-order valence-electron chi connectivity index (χ0n) is 15.9. The Kier molecular flexibility index (Phi) is 6.44. The molecule has 2 fully saturated rings. The minimum absolute atomic E-state index is 0.0650. The highest BCUT2D eigenvalue weighted by molar-refractivity contribution is 5.94. The van der Waals surface area contributed by atoms with Gasteiger partial charge in [-0.1, -0.05) is 12.5 Å². The molecule has 6 nitrogen and oxygen atoms in total. The highest BCUT2D eigenvalue weighted by Gasteiger charge is 2.36. The van der Waals surface area contributed by atoms with Crippen molar-refractivity contribution in [1.82, 2.24) is 9.80 Å². The largest absolute Gasteiger partial charge is 0.340 e. The van der Waals surface area contributed by atoms with Crippen molar-refractivity contribution in [3.8, 4) is 0 Å². The van der Waals surface area contributed by atoms with Crippen molar-refractivity contribution in [3.05, 3.63) is 30.1 Å². The van der Waals surface area contributed by atoms with Crippen LogP contribution in [0.2, 0.25) is 0 Å². The Morgan fingerprint density at radius 2 is 2.00 bits per heavy atom. The lowest BCUT2D eigenvalue weighted by molar-refractivity contribution is -0.139. The second-order valence-corrected chi connectivity index (χ2v) is 7.57. The van der Waals surface area contributed by atoms with Crippen LogP contribution >= 0.6 is 0 Å². The van der Waals surface area contributed by atoms with Crippen LogP contribution < -0.4 is 11.1 Å². The number of benzene rings is 1. The van der Waals surface area contributed by atoms with Crippen molar-refractivity contribution in [2.24, 2.45) is 17.6 Å². The molecule has 3 atom stereocenters. The molecule has 1 heterocycles. The molecule has 3 rings (SSSR count). The number of halogens is 1. The lowest BCUT2D eigenvalue weighted by Gasteiger charge is -2.38. The summed E-state index contributed by atoms with van der Waals surface area (Å²) in [6.45, 7) is 4.99. The molecular formula is C20H29FN4O2. The first-order valence-corrected chi connectivity index (χ1v) is 9.79. The molecule has 0 bridgehead atoms. The SMILES string of the molecule is CC(C(=O)Nc1cccc(F)c1)N1CCN(C(=O)[C@@H]2CCC[C@@H]2CN)CC1. The number of anilines is 1. The van der Waals surface area contributed by atoms with Crippen LogP contribution in [-0.4, -0.2) is 60.4 Å². The summed E-state index contributed by atoms with van der Waals surface area (Å²) in [5.41, 5.74) is 6.27. The predicted molar refractivity (Wildman–Crippen MR) is 103 cm³/mol. The van der Waals surface area contributed by atoms with E-state index < -0.39 is 0 Å². The molecular weight excluding hydrogens is 347 g/mol. The molecule has 2 amide bonds. The summed E-state index contributed by atoms with van der Waals surface area (Å²) in [5, 5.41) is 2.76. The smallest absolute Gasteiger partial charge is 0.241 e. The molecule has 0 radical (unpaired) electrons. The topological polar surface area (TPSA) is 78.7 Å². The molecule has 1 saturated carbocycles. The van der Waals surface area contributed by atoms with E-state index in [0.29, 0.717) is 44.3 Å². The molecule has 1 aromatic carbocycles. The van der Waals surface area contributed by atoms with Gasteiger partial charge in [-0.3, -0.25) is 14.5 Å². The minimum Gasteiger partial charge on any atom is -0.340 e. The van der Waals surface area contributed by atoms with Crippen LogP contribution in [0.1, 0.15) is 26.2 Å². The average molecular weight is 376 g/mol. The van der Waals surface area contributed by atoms with Crippen LogP contribution in [0.15, 0.2) is 24.3 Å². The highest BCUT2D eigenvalue weighted by Crippen LogP contribution is 2.32. The van der Waals surface area contributed by atoms with Gasteiger partial charge in [0, 0.05) is 37.8 Å². The molecule has 148 valence electrons. The second kappa shape index (κ2) is 8.80. The Morgan fingerprint density at radius 3 is 2.67 bits per heavy atom. The molecule has 3 N–H and O–H groups in total. The Hall–Kier alpha value is -1.99. The molecule has 0 spiro atoms. The maximum absolute atomic E-state index is 13.3. The predicted octanol–water partition coefficient (Wildman–Crippen LogP) is 1.67. The van der Waals surface area contributed by atoms with E-state index in [-0.39, 0.29) is 29.6 Å². The summed E-state index contributed by atoms with van der Waals surface area (Å²) >= 11 is 0. The van der Waals surface area contributed by atoms with Gasteiger partial charge in [0.05, 0.1) is 6.04 Å². The number of piperazine rings is 1.